The largest absolute Gasteiger partial charge is 0.478 e. The SMILES string of the molecule is O=C(Nc1ccccc1C(=O)O)c1cccc(NC(=O)C2CCCO2)c1. The summed E-state index contributed by atoms with van der Waals surface area (Å²) in [6.07, 6.45) is 1.07. The van der Waals surface area contributed by atoms with Crippen LogP contribution < -0.4 is 10.6 Å². The lowest BCUT2D eigenvalue weighted by atomic mass is 10.1. The molecule has 1 saturated heterocycles. The van der Waals surface area contributed by atoms with E-state index < -0.39 is 18.0 Å². The number of carboxylic acids is 1. The van der Waals surface area contributed by atoms with Gasteiger partial charge in [0.1, 0.15) is 6.10 Å². The number of nitrogens with one attached hydrogen (secondary N) is 2. The van der Waals surface area contributed by atoms with Gasteiger partial charge in [0.25, 0.3) is 11.8 Å². The van der Waals surface area contributed by atoms with Crippen LogP contribution in [-0.2, 0) is 9.53 Å². The molecule has 1 aliphatic heterocycles. The summed E-state index contributed by atoms with van der Waals surface area (Å²) >= 11 is 0. The van der Waals surface area contributed by atoms with Crippen LogP contribution in [0.3, 0.4) is 0 Å². The molecule has 1 fully saturated rings. The van der Waals surface area contributed by atoms with Gasteiger partial charge in [0, 0.05) is 17.9 Å². The number of rotatable bonds is 5. The lowest BCUT2D eigenvalue weighted by Gasteiger charge is -2.12. The van der Waals surface area contributed by atoms with Gasteiger partial charge in [-0.25, -0.2) is 4.79 Å². The van der Waals surface area contributed by atoms with Gasteiger partial charge in [-0.05, 0) is 43.2 Å². The molecule has 0 bridgehead atoms. The molecule has 1 aliphatic rings. The Bertz CT molecular complexity index is 843. The van der Waals surface area contributed by atoms with E-state index >= 15 is 0 Å². The summed E-state index contributed by atoms with van der Waals surface area (Å²) < 4.78 is 5.33. The van der Waals surface area contributed by atoms with Gasteiger partial charge < -0.3 is 20.5 Å². The van der Waals surface area contributed by atoms with Crippen LogP contribution in [-0.4, -0.2) is 35.6 Å². The van der Waals surface area contributed by atoms with Gasteiger partial charge in [0.2, 0.25) is 0 Å². The molecule has 2 aromatic carbocycles. The molecule has 7 nitrogen and oxygen atoms in total. The number of hydrogen-bond donors (Lipinski definition) is 3. The zero-order valence-corrected chi connectivity index (χ0v) is 13.9. The summed E-state index contributed by atoms with van der Waals surface area (Å²) in [6, 6.07) is 12.6. The molecule has 0 aliphatic carbocycles. The molecule has 26 heavy (non-hydrogen) atoms. The van der Waals surface area contributed by atoms with Gasteiger partial charge in [-0.3, -0.25) is 9.59 Å². The second-order valence-electron chi connectivity index (χ2n) is 5.88. The standard InChI is InChI=1S/C19H18N2O5/c22-17(21-15-8-2-1-7-14(15)19(24)25)12-5-3-6-13(11-12)20-18(23)16-9-4-10-26-16/h1-3,5-8,11,16H,4,9-10H2,(H,20,23)(H,21,22)(H,24,25). The van der Waals surface area contributed by atoms with Crippen LogP contribution in [0, 0.1) is 0 Å². The van der Waals surface area contributed by atoms with Crippen LogP contribution >= 0.6 is 0 Å². The highest BCUT2D eigenvalue weighted by molar-refractivity contribution is 6.08. The van der Waals surface area contributed by atoms with Crippen LogP contribution in [0.2, 0.25) is 0 Å². The van der Waals surface area contributed by atoms with Crippen molar-refractivity contribution in [1.29, 1.82) is 0 Å². The third-order valence-electron chi connectivity index (χ3n) is 4.02. The molecular weight excluding hydrogens is 336 g/mol. The molecule has 3 N–H and O–H groups in total. The Kier molecular flexibility index (Phi) is 5.28. The number of para-hydroxylation sites is 1. The third kappa shape index (κ3) is 4.07. The second-order valence-corrected chi connectivity index (χ2v) is 5.88. The monoisotopic (exact) mass is 354 g/mol. The molecule has 0 saturated carbocycles. The zero-order valence-electron chi connectivity index (χ0n) is 13.9. The van der Waals surface area contributed by atoms with Crippen molar-refractivity contribution < 1.29 is 24.2 Å². The third-order valence-corrected chi connectivity index (χ3v) is 4.02. The molecule has 134 valence electrons. The number of aromatic carboxylic acids is 1. The van der Waals surface area contributed by atoms with E-state index in [1.54, 1.807) is 30.3 Å². The van der Waals surface area contributed by atoms with Gasteiger partial charge in [-0.2, -0.15) is 0 Å². The Morgan fingerprint density at radius 1 is 1.04 bits per heavy atom. The fourth-order valence-electron chi connectivity index (χ4n) is 2.72. The van der Waals surface area contributed by atoms with Crippen molar-refractivity contribution in [1.82, 2.24) is 0 Å². The molecule has 0 spiro atoms. The average Bonchev–Trinajstić information content (AvgIpc) is 3.17. The van der Waals surface area contributed by atoms with E-state index in [2.05, 4.69) is 10.6 Å². The number of hydrogen-bond acceptors (Lipinski definition) is 4. The van der Waals surface area contributed by atoms with E-state index in [1.165, 1.54) is 18.2 Å². The topological polar surface area (TPSA) is 105 Å². The average molecular weight is 354 g/mol. The van der Waals surface area contributed by atoms with Crippen LogP contribution in [0.15, 0.2) is 48.5 Å². The fraction of sp³-hybridized carbons (Fsp3) is 0.211. The minimum atomic E-state index is -1.13. The number of anilines is 2. The van der Waals surface area contributed by atoms with Crippen LogP contribution in [0.25, 0.3) is 0 Å². The highest BCUT2D eigenvalue weighted by Crippen LogP contribution is 2.19. The minimum Gasteiger partial charge on any atom is -0.478 e. The maximum Gasteiger partial charge on any atom is 0.337 e. The first-order valence-electron chi connectivity index (χ1n) is 8.21. The fourth-order valence-corrected chi connectivity index (χ4v) is 2.72. The molecule has 1 atom stereocenters. The Balaban J connectivity index is 1.72. The number of carbonyl (C=O) groups is 3. The molecule has 2 aromatic rings. The van der Waals surface area contributed by atoms with E-state index in [9.17, 15) is 19.5 Å². The van der Waals surface area contributed by atoms with Crippen LogP contribution in [0.4, 0.5) is 11.4 Å². The molecule has 2 amide bonds. The van der Waals surface area contributed by atoms with E-state index in [1.807, 2.05) is 0 Å². The smallest absolute Gasteiger partial charge is 0.337 e. The maximum absolute atomic E-state index is 12.4. The molecular formula is C19H18N2O5. The Morgan fingerprint density at radius 2 is 1.85 bits per heavy atom. The van der Waals surface area contributed by atoms with Crippen molar-refractivity contribution in [2.24, 2.45) is 0 Å². The highest BCUT2D eigenvalue weighted by atomic mass is 16.5. The summed E-state index contributed by atoms with van der Waals surface area (Å²) in [5.74, 6) is -1.83. The van der Waals surface area contributed by atoms with Crippen molar-refractivity contribution in [2.45, 2.75) is 18.9 Å². The second kappa shape index (κ2) is 7.79. The summed E-state index contributed by atoms with van der Waals surface area (Å²) in [5.41, 5.74) is 0.988. The molecule has 0 radical (unpaired) electrons. The highest BCUT2D eigenvalue weighted by Gasteiger charge is 2.23. The van der Waals surface area contributed by atoms with Crippen molar-refractivity contribution in [3.8, 4) is 0 Å². The van der Waals surface area contributed by atoms with Crippen LogP contribution in [0.1, 0.15) is 33.6 Å². The lowest BCUT2D eigenvalue weighted by Crippen LogP contribution is -2.27. The molecule has 0 aromatic heterocycles. The Morgan fingerprint density at radius 3 is 2.58 bits per heavy atom. The van der Waals surface area contributed by atoms with E-state index in [4.69, 9.17) is 4.74 Å². The summed E-state index contributed by atoms with van der Waals surface area (Å²) in [4.78, 5) is 35.8. The number of ether oxygens (including phenoxy) is 1. The maximum atomic E-state index is 12.4. The number of benzene rings is 2. The van der Waals surface area contributed by atoms with Gasteiger partial charge in [-0.1, -0.05) is 18.2 Å². The molecule has 1 heterocycles. The van der Waals surface area contributed by atoms with E-state index in [-0.39, 0.29) is 17.2 Å². The van der Waals surface area contributed by atoms with Gasteiger partial charge in [0.05, 0.1) is 11.3 Å². The number of carboxylic acid groups (broad SMARTS) is 1. The molecule has 3 rings (SSSR count). The number of amides is 2. The molecule has 1 unspecified atom stereocenters. The normalized spacial score (nSPS) is 16.1. The minimum absolute atomic E-state index is 0.00342. The van der Waals surface area contributed by atoms with Crippen LogP contribution in [0.5, 0.6) is 0 Å². The van der Waals surface area contributed by atoms with Gasteiger partial charge in [0.15, 0.2) is 0 Å². The Labute approximate surface area is 150 Å². The summed E-state index contributed by atoms with van der Waals surface area (Å²) in [5, 5.41) is 14.5. The quantitative estimate of drug-likeness (QED) is 0.766. The Hall–Kier alpha value is -3.19. The summed E-state index contributed by atoms with van der Waals surface area (Å²) in [7, 11) is 0. The predicted octanol–water partition coefficient (Wildman–Crippen LogP) is 2.75. The summed E-state index contributed by atoms with van der Waals surface area (Å²) in [6.45, 7) is 0.573. The zero-order chi connectivity index (χ0) is 18.5. The first kappa shape index (κ1) is 17.6. The van der Waals surface area contributed by atoms with E-state index in [0.717, 1.165) is 6.42 Å². The van der Waals surface area contributed by atoms with Gasteiger partial charge >= 0.3 is 5.97 Å². The number of carbonyl (C=O) groups excluding carboxylic acids is 2. The van der Waals surface area contributed by atoms with Crippen molar-refractivity contribution in [3.05, 3.63) is 59.7 Å². The van der Waals surface area contributed by atoms with Gasteiger partial charge in [-0.15, -0.1) is 0 Å². The van der Waals surface area contributed by atoms with Crippen molar-refractivity contribution in [3.63, 3.8) is 0 Å². The lowest BCUT2D eigenvalue weighted by molar-refractivity contribution is -0.124. The van der Waals surface area contributed by atoms with Crippen molar-refractivity contribution in [2.75, 3.05) is 17.2 Å². The van der Waals surface area contributed by atoms with E-state index in [0.29, 0.717) is 24.3 Å². The first-order chi connectivity index (χ1) is 12.5. The first-order valence-corrected chi connectivity index (χ1v) is 8.21. The predicted molar refractivity (Wildman–Crippen MR) is 95.4 cm³/mol. The van der Waals surface area contributed by atoms with Crippen molar-refractivity contribution >= 4 is 29.2 Å². The molecule has 7 heteroatoms.